The molecule has 0 spiro atoms. The zero-order valence-electron chi connectivity index (χ0n) is 12.6. The summed E-state index contributed by atoms with van der Waals surface area (Å²) in [5.41, 5.74) is 11.2. The van der Waals surface area contributed by atoms with E-state index in [-0.39, 0.29) is 6.04 Å². The number of nitrogens with two attached hydrogens (primary N) is 1. The first kappa shape index (κ1) is 14.6. The number of para-hydroxylation sites is 1. The van der Waals surface area contributed by atoms with Crippen molar-refractivity contribution in [1.82, 2.24) is 0 Å². The number of rotatable bonds is 5. The van der Waals surface area contributed by atoms with Gasteiger partial charge in [-0.05, 0) is 42.2 Å². The summed E-state index contributed by atoms with van der Waals surface area (Å²) in [5, 5.41) is 0. The number of anilines is 2. The second-order valence-electron chi connectivity index (χ2n) is 5.15. The summed E-state index contributed by atoms with van der Waals surface area (Å²) < 4.78 is 0. The maximum Gasteiger partial charge on any atom is 0.0456 e. The first-order valence-electron chi connectivity index (χ1n) is 7.34. The summed E-state index contributed by atoms with van der Waals surface area (Å²) in [6, 6.07) is 17.2. The van der Waals surface area contributed by atoms with Crippen LogP contribution in [0, 0.1) is 0 Å². The normalized spacial score (nSPS) is 12.2. The predicted molar refractivity (Wildman–Crippen MR) is 87.5 cm³/mol. The molecule has 0 aliphatic carbocycles. The molecule has 0 amide bonds. The number of nitrogens with zero attached hydrogens (tertiary/aromatic N) is 1. The lowest BCUT2D eigenvalue weighted by Gasteiger charge is -2.25. The van der Waals surface area contributed by atoms with Crippen molar-refractivity contribution in [1.29, 1.82) is 0 Å². The summed E-state index contributed by atoms with van der Waals surface area (Å²) in [4.78, 5) is 2.21. The quantitative estimate of drug-likeness (QED) is 0.869. The van der Waals surface area contributed by atoms with Crippen LogP contribution in [0.4, 0.5) is 11.4 Å². The molecule has 106 valence electrons. The van der Waals surface area contributed by atoms with E-state index < -0.39 is 0 Å². The van der Waals surface area contributed by atoms with Crippen molar-refractivity contribution < 1.29 is 0 Å². The van der Waals surface area contributed by atoms with Crippen LogP contribution in [0.1, 0.15) is 37.4 Å². The van der Waals surface area contributed by atoms with Gasteiger partial charge in [-0.15, -0.1) is 0 Å². The lowest BCUT2D eigenvalue weighted by atomic mass is 10.0. The fourth-order valence-electron chi connectivity index (χ4n) is 2.42. The maximum atomic E-state index is 6.23. The van der Waals surface area contributed by atoms with Gasteiger partial charge in [0.15, 0.2) is 0 Å². The number of hydrogen-bond acceptors (Lipinski definition) is 2. The largest absolute Gasteiger partial charge is 0.344 e. The molecule has 1 unspecified atom stereocenters. The van der Waals surface area contributed by atoms with E-state index in [2.05, 4.69) is 74.3 Å². The molecule has 2 aromatic carbocycles. The molecule has 0 aliphatic heterocycles. The van der Waals surface area contributed by atoms with Crippen molar-refractivity contribution in [3.8, 4) is 0 Å². The fourth-order valence-corrected chi connectivity index (χ4v) is 2.42. The Hall–Kier alpha value is -1.80. The Kier molecular flexibility index (Phi) is 4.80. The van der Waals surface area contributed by atoms with Crippen LogP contribution in [0.3, 0.4) is 0 Å². The Bertz CT molecular complexity index is 546. The van der Waals surface area contributed by atoms with E-state index in [1.807, 2.05) is 0 Å². The Morgan fingerprint density at radius 2 is 1.65 bits per heavy atom. The Morgan fingerprint density at radius 3 is 2.25 bits per heavy atom. The highest BCUT2D eigenvalue weighted by molar-refractivity contribution is 5.66. The van der Waals surface area contributed by atoms with Gasteiger partial charge >= 0.3 is 0 Å². The van der Waals surface area contributed by atoms with E-state index in [1.54, 1.807) is 0 Å². The highest BCUT2D eigenvalue weighted by Gasteiger charge is 2.13. The van der Waals surface area contributed by atoms with E-state index in [0.717, 1.165) is 12.8 Å². The van der Waals surface area contributed by atoms with Gasteiger partial charge < -0.3 is 10.6 Å². The van der Waals surface area contributed by atoms with Crippen LogP contribution in [0.5, 0.6) is 0 Å². The zero-order valence-corrected chi connectivity index (χ0v) is 12.6. The maximum absolute atomic E-state index is 6.23. The predicted octanol–water partition coefficient (Wildman–Crippen LogP) is 4.43. The molecule has 0 bridgehead atoms. The lowest BCUT2D eigenvalue weighted by Crippen LogP contribution is -2.16. The van der Waals surface area contributed by atoms with Gasteiger partial charge in [0.25, 0.3) is 0 Å². The van der Waals surface area contributed by atoms with Crippen LogP contribution in [0.25, 0.3) is 0 Å². The van der Waals surface area contributed by atoms with E-state index in [4.69, 9.17) is 5.73 Å². The highest BCUT2D eigenvalue weighted by Crippen LogP contribution is 2.31. The van der Waals surface area contributed by atoms with Crippen molar-refractivity contribution in [3.63, 3.8) is 0 Å². The molecule has 2 heteroatoms. The minimum atomic E-state index is 0.0866. The topological polar surface area (TPSA) is 29.3 Å². The van der Waals surface area contributed by atoms with Crippen LogP contribution >= 0.6 is 0 Å². The molecule has 2 aromatic rings. The Morgan fingerprint density at radius 1 is 1.00 bits per heavy atom. The molecule has 0 saturated heterocycles. The highest BCUT2D eigenvalue weighted by atomic mass is 15.1. The SMILES string of the molecule is CCc1ccc(N(C)c2ccccc2C(N)CC)cc1. The first-order valence-corrected chi connectivity index (χ1v) is 7.34. The molecule has 2 N–H and O–H groups in total. The van der Waals surface area contributed by atoms with Gasteiger partial charge in [-0.25, -0.2) is 0 Å². The van der Waals surface area contributed by atoms with Crippen molar-refractivity contribution in [2.24, 2.45) is 5.73 Å². The van der Waals surface area contributed by atoms with Gasteiger partial charge in [-0.3, -0.25) is 0 Å². The summed E-state index contributed by atoms with van der Waals surface area (Å²) >= 11 is 0. The number of hydrogen-bond donors (Lipinski definition) is 1. The first-order chi connectivity index (χ1) is 9.67. The average Bonchev–Trinajstić information content (AvgIpc) is 2.53. The third-order valence-electron chi connectivity index (χ3n) is 3.87. The monoisotopic (exact) mass is 268 g/mol. The Labute approximate surface area is 122 Å². The summed E-state index contributed by atoms with van der Waals surface area (Å²) in [6.45, 7) is 4.30. The second kappa shape index (κ2) is 6.58. The standard InChI is InChI=1S/C18H24N2/c1-4-14-10-12-15(13-11-14)20(3)18-9-7-6-8-16(18)17(19)5-2/h6-13,17H,4-5,19H2,1-3H3. The molecule has 0 fully saturated rings. The Balaban J connectivity index is 2.34. The molecule has 20 heavy (non-hydrogen) atoms. The van der Waals surface area contributed by atoms with Gasteiger partial charge in [0, 0.05) is 24.5 Å². The van der Waals surface area contributed by atoms with Crippen LogP contribution in [-0.2, 0) is 6.42 Å². The van der Waals surface area contributed by atoms with E-state index in [0.29, 0.717) is 0 Å². The van der Waals surface area contributed by atoms with E-state index >= 15 is 0 Å². The van der Waals surface area contributed by atoms with E-state index in [1.165, 1.54) is 22.5 Å². The molecule has 0 heterocycles. The van der Waals surface area contributed by atoms with Crippen molar-refractivity contribution >= 4 is 11.4 Å². The lowest BCUT2D eigenvalue weighted by molar-refractivity contribution is 0.698. The molecule has 2 nitrogen and oxygen atoms in total. The van der Waals surface area contributed by atoms with Crippen LogP contribution < -0.4 is 10.6 Å². The third-order valence-corrected chi connectivity index (χ3v) is 3.87. The number of benzene rings is 2. The van der Waals surface area contributed by atoms with Gasteiger partial charge in [0.1, 0.15) is 0 Å². The molecular formula is C18H24N2. The second-order valence-corrected chi connectivity index (χ2v) is 5.15. The minimum absolute atomic E-state index is 0.0866. The molecule has 0 aromatic heterocycles. The summed E-state index contributed by atoms with van der Waals surface area (Å²) in [7, 11) is 2.10. The fraction of sp³-hybridized carbons (Fsp3) is 0.333. The van der Waals surface area contributed by atoms with Gasteiger partial charge in [0.05, 0.1) is 0 Å². The molecule has 2 rings (SSSR count). The summed E-state index contributed by atoms with van der Waals surface area (Å²) in [6.07, 6.45) is 2.01. The molecule has 0 saturated carbocycles. The van der Waals surface area contributed by atoms with Crippen LogP contribution in [0.15, 0.2) is 48.5 Å². The molecule has 0 aliphatic rings. The zero-order chi connectivity index (χ0) is 14.5. The van der Waals surface area contributed by atoms with Gasteiger partial charge in [-0.2, -0.15) is 0 Å². The summed E-state index contributed by atoms with van der Waals surface area (Å²) in [5.74, 6) is 0. The van der Waals surface area contributed by atoms with E-state index in [9.17, 15) is 0 Å². The molecular weight excluding hydrogens is 244 g/mol. The minimum Gasteiger partial charge on any atom is -0.344 e. The average molecular weight is 268 g/mol. The van der Waals surface area contributed by atoms with Gasteiger partial charge in [0.2, 0.25) is 0 Å². The smallest absolute Gasteiger partial charge is 0.0456 e. The number of aryl methyl sites for hydroxylation is 1. The molecule has 0 radical (unpaired) electrons. The van der Waals surface area contributed by atoms with Crippen LogP contribution in [0.2, 0.25) is 0 Å². The van der Waals surface area contributed by atoms with Crippen molar-refractivity contribution in [2.75, 3.05) is 11.9 Å². The van der Waals surface area contributed by atoms with Crippen molar-refractivity contribution in [2.45, 2.75) is 32.7 Å². The van der Waals surface area contributed by atoms with Crippen molar-refractivity contribution in [3.05, 3.63) is 59.7 Å². The van der Waals surface area contributed by atoms with Crippen LogP contribution in [-0.4, -0.2) is 7.05 Å². The third kappa shape index (κ3) is 3.02. The van der Waals surface area contributed by atoms with Gasteiger partial charge in [-0.1, -0.05) is 44.2 Å². The molecule has 1 atom stereocenters.